The zero-order valence-corrected chi connectivity index (χ0v) is 17.2. The van der Waals surface area contributed by atoms with Crippen molar-refractivity contribution in [1.29, 1.82) is 0 Å². The van der Waals surface area contributed by atoms with E-state index in [1.807, 2.05) is 23.0 Å². The van der Waals surface area contributed by atoms with Crippen LogP contribution >= 0.6 is 0 Å². The normalized spacial score (nSPS) is 24.8. The maximum absolute atomic E-state index is 13.1. The molecule has 2 unspecified atom stereocenters. The number of hydrogen-bond acceptors (Lipinski definition) is 5. The van der Waals surface area contributed by atoms with Crippen LogP contribution in [0.5, 0.6) is 0 Å². The smallest absolute Gasteiger partial charge is 0.224 e. The van der Waals surface area contributed by atoms with Crippen molar-refractivity contribution in [3.63, 3.8) is 0 Å². The second-order valence-electron chi connectivity index (χ2n) is 8.45. The first kappa shape index (κ1) is 19.8. The van der Waals surface area contributed by atoms with Gasteiger partial charge in [-0.1, -0.05) is 11.3 Å². The molecule has 0 saturated carbocycles. The van der Waals surface area contributed by atoms with Gasteiger partial charge >= 0.3 is 0 Å². The number of hydrogen-bond donors (Lipinski definition) is 1. The average molecular weight is 420 g/mol. The van der Waals surface area contributed by atoms with Crippen molar-refractivity contribution in [2.24, 2.45) is 11.8 Å². The Labute approximate surface area is 180 Å². The molecular weight excluding hydrogens is 395 g/mol. The molecule has 4 atom stereocenters. The highest BCUT2D eigenvalue weighted by molar-refractivity contribution is 5.79. The number of halogens is 1. The van der Waals surface area contributed by atoms with E-state index in [4.69, 9.17) is 0 Å². The summed E-state index contributed by atoms with van der Waals surface area (Å²) in [5.41, 5.74) is 2.60. The number of fused-ring (bicyclic) bond motifs is 3. The molecule has 8 heteroatoms. The molecule has 6 rings (SSSR count). The van der Waals surface area contributed by atoms with Gasteiger partial charge in [-0.3, -0.25) is 19.4 Å². The van der Waals surface area contributed by atoms with E-state index in [0.717, 1.165) is 49.3 Å². The number of pyridine rings is 1. The minimum atomic E-state index is -0.263. The molecule has 3 saturated heterocycles. The van der Waals surface area contributed by atoms with Crippen LogP contribution in [0.15, 0.2) is 55.0 Å². The third-order valence-electron chi connectivity index (χ3n) is 6.48. The van der Waals surface area contributed by atoms with Gasteiger partial charge in [0.2, 0.25) is 5.91 Å². The van der Waals surface area contributed by atoms with Crippen LogP contribution in [0.25, 0.3) is 11.3 Å². The summed E-state index contributed by atoms with van der Waals surface area (Å²) in [5.74, 6) is 0.300. The van der Waals surface area contributed by atoms with Crippen molar-refractivity contribution in [3.05, 3.63) is 66.4 Å². The number of amides is 1. The largest absolute Gasteiger partial charge is 0.352 e. The van der Waals surface area contributed by atoms with Gasteiger partial charge in [-0.25, -0.2) is 4.39 Å². The van der Waals surface area contributed by atoms with Crippen molar-refractivity contribution in [2.75, 3.05) is 13.1 Å². The minimum absolute atomic E-state index is 0.0344. The Balaban J connectivity index is 1.18. The molecule has 3 aliphatic rings. The minimum Gasteiger partial charge on any atom is -0.352 e. The molecule has 3 aliphatic heterocycles. The Morgan fingerprint density at radius 3 is 2.84 bits per heavy atom. The fraction of sp³-hybridized carbons (Fsp3) is 0.391. The fourth-order valence-corrected chi connectivity index (χ4v) is 4.80. The van der Waals surface area contributed by atoms with Crippen LogP contribution in [0, 0.1) is 17.7 Å². The SMILES string of the molecule is O=C(NCc1cccnc1)[C@H]1CN2CCC1C[C@@H]2Cn1cc(-c2ccc(F)cc2)nn1. The maximum atomic E-state index is 13.1. The monoisotopic (exact) mass is 420 g/mol. The highest BCUT2D eigenvalue weighted by Crippen LogP contribution is 2.37. The molecule has 3 fully saturated rings. The van der Waals surface area contributed by atoms with Crippen molar-refractivity contribution < 1.29 is 9.18 Å². The van der Waals surface area contributed by atoms with Crippen LogP contribution in [0.1, 0.15) is 18.4 Å². The first-order chi connectivity index (χ1) is 15.2. The van der Waals surface area contributed by atoms with Crippen LogP contribution in [0.4, 0.5) is 4.39 Å². The average Bonchev–Trinajstić information content (AvgIpc) is 3.27. The molecule has 3 aromatic rings. The molecule has 7 nitrogen and oxygen atoms in total. The van der Waals surface area contributed by atoms with Gasteiger partial charge in [-0.05, 0) is 61.2 Å². The third kappa shape index (κ3) is 4.34. The van der Waals surface area contributed by atoms with Crippen molar-refractivity contribution >= 4 is 5.91 Å². The number of aromatic nitrogens is 4. The van der Waals surface area contributed by atoms with E-state index >= 15 is 0 Å². The Kier molecular flexibility index (Phi) is 5.46. The summed E-state index contributed by atoms with van der Waals surface area (Å²) in [7, 11) is 0. The summed E-state index contributed by atoms with van der Waals surface area (Å²) in [5, 5.41) is 11.6. The van der Waals surface area contributed by atoms with Gasteiger partial charge in [0.15, 0.2) is 0 Å². The molecule has 0 spiro atoms. The van der Waals surface area contributed by atoms with E-state index in [1.165, 1.54) is 12.1 Å². The van der Waals surface area contributed by atoms with Gasteiger partial charge in [0.1, 0.15) is 11.5 Å². The second kappa shape index (κ2) is 8.55. The summed E-state index contributed by atoms with van der Waals surface area (Å²) in [6.45, 7) is 3.06. The number of carbonyl (C=O) groups excluding carboxylic acids is 1. The van der Waals surface area contributed by atoms with Crippen molar-refractivity contribution in [1.82, 2.24) is 30.2 Å². The van der Waals surface area contributed by atoms with E-state index in [9.17, 15) is 9.18 Å². The van der Waals surface area contributed by atoms with Gasteiger partial charge in [0.05, 0.1) is 18.7 Å². The summed E-state index contributed by atoms with van der Waals surface area (Å²) < 4.78 is 15.0. The standard InChI is InChI=1S/C23H25FN6O/c24-19-5-3-17(4-6-19)22-15-30(28-27-22)13-20-10-18-7-9-29(20)14-21(18)23(31)26-12-16-2-1-8-25-11-16/h1-6,8,11,15,18,20-21H,7,9-10,12-14H2,(H,26,31)/t18?,20-,21+/m1/s1. The molecule has 0 aliphatic carbocycles. The van der Waals surface area contributed by atoms with Crippen LogP contribution in [0.2, 0.25) is 0 Å². The number of piperidine rings is 3. The molecule has 31 heavy (non-hydrogen) atoms. The molecular formula is C23H25FN6O. The van der Waals surface area contributed by atoms with E-state index in [2.05, 4.69) is 25.5 Å². The summed E-state index contributed by atoms with van der Waals surface area (Å²) in [6.07, 6.45) is 7.47. The van der Waals surface area contributed by atoms with Crippen LogP contribution < -0.4 is 5.32 Å². The van der Waals surface area contributed by atoms with Gasteiger partial charge in [-0.2, -0.15) is 0 Å². The van der Waals surface area contributed by atoms with Crippen LogP contribution in [0.3, 0.4) is 0 Å². The summed E-state index contributed by atoms with van der Waals surface area (Å²) in [4.78, 5) is 19.3. The molecule has 2 bridgehead atoms. The zero-order chi connectivity index (χ0) is 21.2. The van der Waals surface area contributed by atoms with Crippen molar-refractivity contribution in [2.45, 2.75) is 32.0 Å². The fourth-order valence-electron chi connectivity index (χ4n) is 4.80. The summed E-state index contributed by atoms with van der Waals surface area (Å²) >= 11 is 0. The van der Waals surface area contributed by atoms with E-state index in [0.29, 0.717) is 18.5 Å². The van der Waals surface area contributed by atoms with E-state index in [-0.39, 0.29) is 17.6 Å². The Morgan fingerprint density at radius 2 is 2.10 bits per heavy atom. The predicted octanol–water partition coefficient (Wildman–Crippen LogP) is 2.51. The lowest BCUT2D eigenvalue weighted by molar-refractivity contribution is -0.133. The molecule has 1 aromatic carbocycles. The summed E-state index contributed by atoms with van der Waals surface area (Å²) in [6, 6.07) is 10.5. The second-order valence-corrected chi connectivity index (χ2v) is 8.45. The van der Waals surface area contributed by atoms with Crippen molar-refractivity contribution in [3.8, 4) is 11.3 Å². The van der Waals surface area contributed by atoms with Gasteiger partial charge in [0, 0.05) is 37.1 Å². The number of carbonyl (C=O) groups is 1. The lowest BCUT2D eigenvalue weighted by Gasteiger charge is -2.49. The van der Waals surface area contributed by atoms with Crippen LogP contribution in [-0.4, -0.2) is 49.9 Å². The third-order valence-corrected chi connectivity index (χ3v) is 6.48. The first-order valence-electron chi connectivity index (χ1n) is 10.7. The lowest BCUT2D eigenvalue weighted by atomic mass is 9.75. The molecule has 2 aromatic heterocycles. The highest BCUT2D eigenvalue weighted by atomic mass is 19.1. The molecule has 0 radical (unpaired) electrons. The highest BCUT2D eigenvalue weighted by Gasteiger charge is 2.43. The number of rotatable bonds is 6. The quantitative estimate of drug-likeness (QED) is 0.663. The van der Waals surface area contributed by atoms with E-state index < -0.39 is 0 Å². The molecule has 1 amide bonds. The Hall–Kier alpha value is -3.13. The maximum Gasteiger partial charge on any atom is 0.224 e. The molecule has 1 N–H and O–H groups in total. The van der Waals surface area contributed by atoms with Gasteiger partial charge < -0.3 is 5.32 Å². The topological polar surface area (TPSA) is 75.9 Å². The number of nitrogens with one attached hydrogen (secondary N) is 1. The van der Waals surface area contributed by atoms with Gasteiger partial charge in [-0.15, -0.1) is 5.10 Å². The number of nitrogens with zero attached hydrogens (tertiary/aromatic N) is 5. The van der Waals surface area contributed by atoms with Crippen LogP contribution in [-0.2, 0) is 17.9 Å². The first-order valence-corrected chi connectivity index (χ1v) is 10.7. The van der Waals surface area contributed by atoms with E-state index in [1.54, 1.807) is 24.5 Å². The predicted molar refractivity (Wildman–Crippen MR) is 113 cm³/mol. The zero-order valence-electron chi connectivity index (χ0n) is 17.2. The molecule has 160 valence electrons. The molecule has 5 heterocycles. The van der Waals surface area contributed by atoms with Gasteiger partial charge in [0.25, 0.3) is 0 Å². The number of benzene rings is 1. The lowest BCUT2D eigenvalue weighted by Crippen LogP contribution is -2.58. The Morgan fingerprint density at radius 1 is 1.23 bits per heavy atom. The Bertz CT molecular complexity index is 1040.